The summed E-state index contributed by atoms with van der Waals surface area (Å²) in [5, 5.41) is 0.936. The number of halogens is 2. The van der Waals surface area contributed by atoms with Crippen LogP contribution in [0.5, 0.6) is 5.75 Å². The number of ether oxygens (including phenoxy) is 1. The second-order valence-electron chi connectivity index (χ2n) is 2.85. The van der Waals surface area contributed by atoms with E-state index in [2.05, 4.69) is 0 Å². The minimum absolute atomic E-state index is 0.552. The number of fused-ring (bicyclic) bond motifs is 1. The summed E-state index contributed by atoms with van der Waals surface area (Å²) in [4.78, 5) is -0.631. The Kier molecular flexibility index (Phi) is 2.57. The first-order valence-electron chi connectivity index (χ1n) is 4.06. The van der Waals surface area contributed by atoms with Gasteiger partial charge in [-0.3, -0.25) is 0 Å². The van der Waals surface area contributed by atoms with Crippen LogP contribution in [0.3, 0.4) is 0 Å². The fourth-order valence-electron chi connectivity index (χ4n) is 1.28. The van der Waals surface area contributed by atoms with Gasteiger partial charge in [0.1, 0.15) is 17.1 Å². The largest absolute Gasteiger partial charge is 0.497 e. The van der Waals surface area contributed by atoms with Gasteiger partial charge in [-0.1, -0.05) is 23.2 Å². The van der Waals surface area contributed by atoms with Gasteiger partial charge in [-0.15, -0.1) is 0 Å². The molecule has 0 atom stereocenters. The number of rotatable bonds is 2. The molecule has 74 valence electrons. The normalized spacial score (nSPS) is 11.1. The average Bonchev–Trinajstić information content (AvgIpc) is 2.59. The van der Waals surface area contributed by atoms with E-state index in [0.717, 1.165) is 16.7 Å². The zero-order valence-electron chi connectivity index (χ0n) is 7.46. The number of benzene rings is 1. The van der Waals surface area contributed by atoms with Gasteiger partial charge in [0.2, 0.25) is 0 Å². The molecule has 1 heterocycles. The molecular weight excluding hydrogens is 223 g/mol. The zero-order chi connectivity index (χ0) is 10.1. The second-order valence-corrected chi connectivity index (χ2v) is 3.95. The van der Waals surface area contributed by atoms with Crippen molar-refractivity contribution in [1.82, 2.24) is 0 Å². The lowest BCUT2D eigenvalue weighted by Crippen LogP contribution is -1.79. The fourth-order valence-corrected chi connectivity index (χ4v) is 1.49. The van der Waals surface area contributed by atoms with Gasteiger partial charge in [-0.05, 0) is 24.3 Å². The maximum Gasteiger partial charge on any atom is 0.165 e. The van der Waals surface area contributed by atoms with Gasteiger partial charge < -0.3 is 9.15 Å². The van der Waals surface area contributed by atoms with Crippen molar-refractivity contribution in [3.63, 3.8) is 0 Å². The summed E-state index contributed by atoms with van der Waals surface area (Å²) in [6.45, 7) is 0. The number of furan rings is 1. The van der Waals surface area contributed by atoms with Gasteiger partial charge in [0, 0.05) is 5.39 Å². The molecule has 0 N–H and O–H groups in total. The van der Waals surface area contributed by atoms with Crippen LogP contribution in [0.2, 0.25) is 0 Å². The minimum Gasteiger partial charge on any atom is -0.497 e. The highest BCUT2D eigenvalue weighted by Crippen LogP contribution is 2.31. The Morgan fingerprint density at radius 3 is 2.71 bits per heavy atom. The van der Waals surface area contributed by atoms with Crippen LogP contribution in [0, 0.1) is 0 Å². The molecule has 0 saturated heterocycles. The van der Waals surface area contributed by atoms with Crippen molar-refractivity contribution in [3.8, 4) is 5.75 Å². The highest BCUT2D eigenvalue weighted by Gasteiger charge is 2.10. The van der Waals surface area contributed by atoms with E-state index in [9.17, 15) is 0 Å². The van der Waals surface area contributed by atoms with Gasteiger partial charge in [0.25, 0.3) is 0 Å². The second kappa shape index (κ2) is 3.71. The molecule has 4 heteroatoms. The fraction of sp³-hybridized carbons (Fsp3) is 0.200. The summed E-state index contributed by atoms with van der Waals surface area (Å²) in [7, 11) is 1.62. The van der Waals surface area contributed by atoms with Crippen molar-refractivity contribution < 1.29 is 9.15 Å². The van der Waals surface area contributed by atoms with E-state index in [1.807, 2.05) is 24.3 Å². The number of hydrogen-bond donors (Lipinski definition) is 0. The Labute approximate surface area is 91.4 Å². The van der Waals surface area contributed by atoms with E-state index >= 15 is 0 Å². The van der Waals surface area contributed by atoms with Crippen LogP contribution in [0.25, 0.3) is 11.0 Å². The molecule has 0 bridgehead atoms. The van der Waals surface area contributed by atoms with E-state index in [0.29, 0.717) is 5.76 Å². The summed E-state index contributed by atoms with van der Waals surface area (Å²) < 4.78 is 10.5. The topological polar surface area (TPSA) is 22.4 Å². The summed E-state index contributed by atoms with van der Waals surface area (Å²) in [5.74, 6) is 1.34. The SMILES string of the molecule is COc1ccc2oc(C(Cl)Cl)cc2c1. The Bertz CT molecular complexity index is 448. The van der Waals surface area contributed by atoms with Gasteiger partial charge in [0.15, 0.2) is 4.84 Å². The molecule has 0 unspecified atom stereocenters. The van der Waals surface area contributed by atoms with E-state index in [4.69, 9.17) is 32.4 Å². The van der Waals surface area contributed by atoms with E-state index in [1.54, 1.807) is 7.11 Å². The Morgan fingerprint density at radius 2 is 2.07 bits per heavy atom. The molecule has 1 aromatic carbocycles. The van der Waals surface area contributed by atoms with Gasteiger partial charge in [0.05, 0.1) is 7.11 Å². The van der Waals surface area contributed by atoms with Crippen LogP contribution in [0.1, 0.15) is 10.6 Å². The summed E-state index contributed by atoms with van der Waals surface area (Å²) in [6.07, 6.45) is 0. The molecule has 0 saturated carbocycles. The summed E-state index contributed by atoms with van der Waals surface area (Å²) >= 11 is 11.4. The van der Waals surface area contributed by atoms with E-state index < -0.39 is 4.84 Å². The molecule has 0 aliphatic heterocycles. The van der Waals surface area contributed by atoms with Crippen LogP contribution >= 0.6 is 23.2 Å². The molecule has 0 radical (unpaired) electrons. The Balaban J connectivity index is 2.54. The molecule has 14 heavy (non-hydrogen) atoms. The van der Waals surface area contributed by atoms with Crippen LogP contribution in [-0.2, 0) is 0 Å². The monoisotopic (exact) mass is 230 g/mol. The summed E-state index contributed by atoms with van der Waals surface area (Å²) in [6, 6.07) is 7.34. The first-order chi connectivity index (χ1) is 6.70. The van der Waals surface area contributed by atoms with Crippen LogP contribution in [0.4, 0.5) is 0 Å². The molecule has 1 aromatic heterocycles. The number of methoxy groups -OCH3 is 1. The third-order valence-electron chi connectivity index (χ3n) is 1.96. The quantitative estimate of drug-likeness (QED) is 0.731. The number of alkyl halides is 2. The highest BCUT2D eigenvalue weighted by atomic mass is 35.5. The maximum absolute atomic E-state index is 5.69. The molecule has 0 spiro atoms. The maximum atomic E-state index is 5.69. The first-order valence-corrected chi connectivity index (χ1v) is 4.93. The van der Waals surface area contributed by atoms with Gasteiger partial charge >= 0.3 is 0 Å². The predicted molar refractivity (Wildman–Crippen MR) is 57.2 cm³/mol. The third kappa shape index (κ3) is 1.68. The number of hydrogen-bond acceptors (Lipinski definition) is 2. The molecule has 0 aliphatic rings. The Morgan fingerprint density at radius 1 is 1.29 bits per heavy atom. The van der Waals surface area contributed by atoms with Crippen LogP contribution in [-0.4, -0.2) is 7.11 Å². The summed E-state index contributed by atoms with van der Waals surface area (Å²) in [5.41, 5.74) is 0.757. The lowest BCUT2D eigenvalue weighted by atomic mass is 10.2. The smallest absolute Gasteiger partial charge is 0.165 e. The lowest BCUT2D eigenvalue weighted by molar-refractivity contribution is 0.415. The molecule has 2 aromatic rings. The van der Waals surface area contributed by atoms with Gasteiger partial charge in [-0.2, -0.15) is 0 Å². The van der Waals surface area contributed by atoms with E-state index in [-0.39, 0.29) is 0 Å². The van der Waals surface area contributed by atoms with Crippen molar-refractivity contribution >= 4 is 34.2 Å². The molecule has 2 rings (SSSR count). The molecule has 0 aliphatic carbocycles. The van der Waals surface area contributed by atoms with Crippen molar-refractivity contribution in [3.05, 3.63) is 30.0 Å². The Hall–Kier alpha value is -0.860. The minimum atomic E-state index is -0.631. The van der Waals surface area contributed by atoms with Crippen molar-refractivity contribution in [2.45, 2.75) is 4.84 Å². The van der Waals surface area contributed by atoms with Gasteiger partial charge in [-0.25, -0.2) is 0 Å². The first kappa shape index (κ1) is 9.69. The average molecular weight is 231 g/mol. The lowest BCUT2D eigenvalue weighted by Gasteiger charge is -1.96. The zero-order valence-corrected chi connectivity index (χ0v) is 8.97. The predicted octanol–water partition coefficient (Wildman–Crippen LogP) is 3.92. The van der Waals surface area contributed by atoms with Crippen molar-refractivity contribution in [1.29, 1.82) is 0 Å². The molecule has 0 fully saturated rings. The standard InChI is InChI=1S/C10H8Cl2O2/c1-13-7-2-3-8-6(4-7)5-9(14-8)10(11)12/h2-5,10H,1H3. The molecule has 0 amide bonds. The van der Waals surface area contributed by atoms with Crippen LogP contribution in [0.15, 0.2) is 28.7 Å². The van der Waals surface area contributed by atoms with Crippen molar-refractivity contribution in [2.24, 2.45) is 0 Å². The highest BCUT2D eigenvalue weighted by molar-refractivity contribution is 6.43. The molecular formula is C10H8Cl2O2. The van der Waals surface area contributed by atoms with Crippen LogP contribution < -0.4 is 4.74 Å². The molecule has 2 nitrogen and oxygen atoms in total. The van der Waals surface area contributed by atoms with E-state index in [1.165, 1.54) is 0 Å². The van der Waals surface area contributed by atoms with Crippen molar-refractivity contribution in [2.75, 3.05) is 7.11 Å². The third-order valence-corrected chi connectivity index (χ3v) is 2.39.